The zero-order valence-electron chi connectivity index (χ0n) is 7.74. The molecule has 14 heavy (non-hydrogen) atoms. The van der Waals surface area contributed by atoms with Crippen molar-refractivity contribution in [1.29, 1.82) is 0 Å². The van der Waals surface area contributed by atoms with Gasteiger partial charge in [0.25, 0.3) is 0 Å². The molecule has 0 amide bonds. The summed E-state index contributed by atoms with van der Waals surface area (Å²) in [6.07, 6.45) is 2.53. The Balaban J connectivity index is 0.000000980. The average Bonchev–Trinajstić information content (AvgIpc) is 2.56. The minimum absolute atomic E-state index is 0. The number of halogens is 1. The molecule has 2 rings (SSSR count). The summed E-state index contributed by atoms with van der Waals surface area (Å²) in [5.41, 5.74) is 0. The first-order chi connectivity index (χ1) is 6.27. The van der Waals surface area contributed by atoms with Crippen molar-refractivity contribution in [3.05, 3.63) is 18.2 Å². The molecule has 0 radical (unpaired) electrons. The third-order valence-corrected chi connectivity index (χ3v) is 4.82. The van der Waals surface area contributed by atoms with Gasteiger partial charge in [-0.15, -0.1) is 0 Å². The molecule has 0 spiro atoms. The number of hydrogen-bond acceptors (Lipinski definition) is 2. The van der Waals surface area contributed by atoms with Gasteiger partial charge in [-0.1, -0.05) is 0 Å². The van der Waals surface area contributed by atoms with E-state index in [2.05, 4.69) is 0 Å². The van der Waals surface area contributed by atoms with Gasteiger partial charge in [0, 0.05) is 23.0 Å². The SMILES string of the molecule is Oc1ccc([S+]2CCCC2)c(O)c1.[Cl-]. The molecule has 0 aliphatic carbocycles. The Bertz CT molecular complexity index is 311. The maximum Gasteiger partial charge on any atom is 0.196 e. The molecule has 2 N–H and O–H groups in total. The molecule has 1 aromatic carbocycles. The number of phenols is 2. The Kier molecular flexibility index (Phi) is 3.96. The second-order valence-corrected chi connectivity index (χ2v) is 5.50. The summed E-state index contributed by atoms with van der Waals surface area (Å²) in [6.45, 7) is 0. The van der Waals surface area contributed by atoms with Crippen molar-refractivity contribution >= 4 is 10.9 Å². The fourth-order valence-electron chi connectivity index (χ4n) is 1.62. The van der Waals surface area contributed by atoms with Crippen LogP contribution in [0.5, 0.6) is 11.5 Å². The van der Waals surface area contributed by atoms with Crippen LogP contribution in [-0.2, 0) is 10.9 Å². The van der Waals surface area contributed by atoms with E-state index < -0.39 is 0 Å². The highest BCUT2D eigenvalue weighted by Gasteiger charge is 2.29. The normalized spacial score (nSPS) is 16.6. The highest BCUT2D eigenvalue weighted by Crippen LogP contribution is 2.32. The second-order valence-electron chi connectivity index (χ2n) is 3.26. The van der Waals surface area contributed by atoms with E-state index in [0.717, 1.165) is 4.90 Å². The lowest BCUT2D eigenvalue weighted by molar-refractivity contribution is -0.00000492. The van der Waals surface area contributed by atoms with Crippen molar-refractivity contribution < 1.29 is 22.6 Å². The molecular formula is C10H13ClO2S. The lowest BCUT2D eigenvalue weighted by Gasteiger charge is -2.02. The van der Waals surface area contributed by atoms with E-state index in [9.17, 15) is 5.11 Å². The highest BCUT2D eigenvalue weighted by molar-refractivity contribution is 7.97. The van der Waals surface area contributed by atoms with E-state index in [1.54, 1.807) is 6.07 Å². The van der Waals surface area contributed by atoms with E-state index in [4.69, 9.17) is 5.11 Å². The lowest BCUT2D eigenvalue weighted by atomic mass is 10.3. The van der Waals surface area contributed by atoms with Crippen molar-refractivity contribution in [1.82, 2.24) is 0 Å². The molecule has 1 aromatic rings. The van der Waals surface area contributed by atoms with Crippen LogP contribution in [0.2, 0.25) is 0 Å². The van der Waals surface area contributed by atoms with Crippen LogP contribution in [0.15, 0.2) is 23.1 Å². The van der Waals surface area contributed by atoms with Gasteiger partial charge in [0.15, 0.2) is 10.6 Å². The van der Waals surface area contributed by atoms with E-state index in [0.29, 0.717) is 0 Å². The summed E-state index contributed by atoms with van der Waals surface area (Å²) in [6, 6.07) is 4.93. The Labute approximate surface area is 92.7 Å². The summed E-state index contributed by atoms with van der Waals surface area (Å²) in [4.78, 5) is 1.02. The standard InChI is InChI=1S/C10H12O2S.ClH/c11-8-3-4-10(9(12)7-8)13-5-1-2-6-13;/h3-4,7H,1-2,5-6H2,(H-,11,12);1H. The molecule has 1 fully saturated rings. The zero-order valence-corrected chi connectivity index (χ0v) is 9.31. The van der Waals surface area contributed by atoms with Crippen LogP contribution in [0, 0.1) is 0 Å². The van der Waals surface area contributed by atoms with Crippen LogP contribution in [0.1, 0.15) is 12.8 Å². The quantitative estimate of drug-likeness (QED) is 0.602. The van der Waals surface area contributed by atoms with Crippen LogP contribution in [0.25, 0.3) is 0 Å². The third kappa shape index (κ3) is 2.28. The summed E-state index contributed by atoms with van der Waals surface area (Å²) in [5, 5.41) is 18.7. The molecule has 4 heteroatoms. The van der Waals surface area contributed by atoms with Crippen molar-refractivity contribution in [3.8, 4) is 11.5 Å². The van der Waals surface area contributed by atoms with Gasteiger partial charge in [-0.2, -0.15) is 0 Å². The molecule has 78 valence electrons. The minimum atomic E-state index is 0. The van der Waals surface area contributed by atoms with Crippen LogP contribution in [-0.4, -0.2) is 21.7 Å². The molecule has 1 aliphatic rings. The molecule has 2 nitrogen and oxygen atoms in total. The first-order valence-corrected chi connectivity index (χ1v) is 6.03. The number of aromatic hydroxyl groups is 2. The van der Waals surface area contributed by atoms with Gasteiger partial charge in [-0.25, -0.2) is 0 Å². The monoisotopic (exact) mass is 232 g/mol. The predicted octanol–water partition coefficient (Wildman–Crippen LogP) is -1.13. The van der Waals surface area contributed by atoms with Gasteiger partial charge in [0.05, 0.1) is 0 Å². The minimum Gasteiger partial charge on any atom is -1.00 e. The largest absolute Gasteiger partial charge is 1.00 e. The molecule has 1 heterocycles. The van der Waals surface area contributed by atoms with Gasteiger partial charge in [-0.3, -0.25) is 0 Å². The Hall–Kier alpha value is -0.540. The molecule has 0 aromatic heterocycles. The van der Waals surface area contributed by atoms with Crippen LogP contribution >= 0.6 is 0 Å². The fraction of sp³-hybridized carbons (Fsp3) is 0.400. The Morgan fingerprint density at radius 2 is 1.71 bits per heavy atom. The number of hydrogen-bond donors (Lipinski definition) is 2. The summed E-state index contributed by atoms with van der Waals surface area (Å²) in [7, 11) is 0.228. The van der Waals surface area contributed by atoms with Crippen LogP contribution in [0.4, 0.5) is 0 Å². The number of phenolic OH excluding ortho intramolecular Hbond substituents is 2. The maximum absolute atomic E-state index is 9.60. The Morgan fingerprint density at radius 1 is 1.07 bits per heavy atom. The maximum atomic E-state index is 9.60. The van der Waals surface area contributed by atoms with Gasteiger partial charge in [0.2, 0.25) is 0 Å². The second kappa shape index (κ2) is 4.80. The zero-order chi connectivity index (χ0) is 9.26. The van der Waals surface area contributed by atoms with Crippen molar-refractivity contribution in [2.75, 3.05) is 11.5 Å². The molecule has 0 atom stereocenters. The highest BCUT2D eigenvalue weighted by atomic mass is 35.5. The summed E-state index contributed by atoms with van der Waals surface area (Å²) in [5.74, 6) is 2.78. The first kappa shape index (κ1) is 11.5. The lowest BCUT2D eigenvalue weighted by Crippen LogP contribution is -3.00. The van der Waals surface area contributed by atoms with Gasteiger partial charge in [0.1, 0.15) is 17.3 Å². The van der Waals surface area contributed by atoms with Crippen molar-refractivity contribution in [3.63, 3.8) is 0 Å². The fourth-order valence-corrected chi connectivity index (χ4v) is 3.99. The first-order valence-electron chi connectivity index (χ1n) is 4.47. The Morgan fingerprint density at radius 3 is 2.29 bits per heavy atom. The van der Waals surface area contributed by atoms with Crippen LogP contribution < -0.4 is 12.4 Å². The van der Waals surface area contributed by atoms with Gasteiger partial charge < -0.3 is 22.6 Å². The van der Waals surface area contributed by atoms with E-state index in [1.165, 1.54) is 30.4 Å². The van der Waals surface area contributed by atoms with E-state index in [-0.39, 0.29) is 34.8 Å². The molecule has 1 aliphatic heterocycles. The van der Waals surface area contributed by atoms with Gasteiger partial charge >= 0.3 is 0 Å². The predicted molar refractivity (Wildman–Crippen MR) is 54.4 cm³/mol. The third-order valence-electron chi connectivity index (χ3n) is 2.29. The number of benzene rings is 1. The van der Waals surface area contributed by atoms with Crippen molar-refractivity contribution in [2.45, 2.75) is 17.7 Å². The number of rotatable bonds is 1. The average molecular weight is 233 g/mol. The van der Waals surface area contributed by atoms with Crippen molar-refractivity contribution in [2.24, 2.45) is 0 Å². The molecule has 1 saturated heterocycles. The smallest absolute Gasteiger partial charge is 0.196 e. The van der Waals surface area contributed by atoms with E-state index >= 15 is 0 Å². The van der Waals surface area contributed by atoms with Gasteiger partial charge in [-0.05, 0) is 18.9 Å². The van der Waals surface area contributed by atoms with E-state index in [1.807, 2.05) is 6.07 Å². The van der Waals surface area contributed by atoms with Crippen LogP contribution in [0.3, 0.4) is 0 Å². The summed E-state index contributed by atoms with van der Waals surface area (Å²) < 4.78 is 0. The topological polar surface area (TPSA) is 40.5 Å². The molecule has 0 bridgehead atoms. The molecule has 0 saturated carbocycles. The summed E-state index contributed by atoms with van der Waals surface area (Å²) >= 11 is 0. The molecular weight excluding hydrogens is 220 g/mol. The molecule has 0 unspecified atom stereocenters.